The Balaban J connectivity index is 2.72. The summed E-state index contributed by atoms with van der Waals surface area (Å²) in [6.07, 6.45) is 0. The van der Waals surface area contributed by atoms with Crippen molar-refractivity contribution in [3.8, 4) is 11.1 Å². The van der Waals surface area contributed by atoms with E-state index in [1.54, 1.807) is 24.3 Å². The molecule has 2 aromatic carbocycles. The van der Waals surface area contributed by atoms with Gasteiger partial charge >= 0.3 is 0 Å². The van der Waals surface area contributed by atoms with Crippen molar-refractivity contribution in [1.82, 2.24) is 0 Å². The molecule has 0 aliphatic heterocycles. The van der Waals surface area contributed by atoms with Gasteiger partial charge in [0.1, 0.15) is 5.82 Å². The van der Waals surface area contributed by atoms with Gasteiger partial charge in [0.2, 0.25) is 0 Å². The van der Waals surface area contributed by atoms with E-state index >= 15 is 0 Å². The zero-order chi connectivity index (χ0) is 12.6. The molecule has 0 aliphatic carbocycles. The quantitative estimate of drug-likeness (QED) is 0.717. The van der Waals surface area contributed by atoms with Crippen molar-refractivity contribution in [2.75, 3.05) is 5.73 Å². The van der Waals surface area contributed by atoms with Crippen molar-refractivity contribution in [3.05, 3.63) is 50.7 Å². The first-order valence-corrected chi connectivity index (χ1v) is 6.24. The highest BCUT2D eigenvalue weighted by Gasteiger charge is 2.14. The third kappa shape index (κ3) is 2.57. The molecule has 0 bridgehead atoms. The first-order valence-electron chi connectivity index (χ1n) is 4.69. The van der Waals surface area contributed by atoms with Crippen LogP contribution in [0, 0.1) is 5.82 Å². The van der Waals surface area contributed by atoms with Crippen molar-refractivity contribution in [3.63, 3.8) is 0 Å². The van der Waals surface area contributed by atoms with Gasteiger partial charge in [-0.05, 0) is 30.3 Å². The van der Waals surface area contributed by atoms with E-state index in [9.17, 15) is 4.39 Å². The average molecular weight is 335 g/mol. The summed E-state index contributed by atoms with van der Waals surface area (Å²) in [7, 11) is 0. The van der Waals surface area contributed by atoms with Crippen LogP contribution in [0.25, 0.3) is 11.1 Å². The van der Waals surface area contributed by atoms with E-state index in [-0.39, 0.29) is 5.82 Å². The number of hydrogen-bond acceptors (Lipinski definition) is 1. The highest BCUT2D eigenvalue weighted by Crippen LogP contribution is 2.38. The summed E-state index contributed by atoms with van der Waals surface area (Å²) in [4.78, 5) is 0. The van der Waals surface area contributed by atoms with Gasteiger partial charge in [-0.2, -0.15) is 0 Å². The van der Waals surface area contributed by atoms with Crippen LogP contribution in [-0.4, -0.2) is 0 Å². The second kappa shape index (κ2) is 4.84. The monoisotopic (exact) mass is 333 g/mol. The Bertz CT molecular complexity index is 564. The van der Waals surface area contributed by atoms with Crippen molar-refractivity contribution in [1.29, 1.82) is 0 Å². The molecule has 0 aliphatic rings. The molecular weight excluding hydrogens is 328 g/mol. The zero-order valence-electron chi connectivity index (χ0n) is 8.48. The number of anilines is 1. The first kappa shape index (κ1) is 12.7. The third-order valence-electron chi connectivity index (χ3n) is 2.26. The summed E-state index contributed by atoms with van der Waals surface area (Å²) < 4.78 is 14.5. The summed E-state index contributed by atoms with van der Waals surface area (Å²) in [5, 5.41) is 0.652. The normalized spacial score (nSPS) is 10.6. The molecule has 0 aromatic heterocycles. The smallest absolute Gasteiger partial charge is 0.131 e. The zero-order valence-corrected chi connectivity index (χ0v) is 11.6. The Morgan fingerprint density at radius 1 is 1.06 bits per heavy atom. The molecule has 0 unspecified atom stereocenters. The van der Waals surface area contributed by atoms with Crippen molar-refractivity contribution < 1.29 is 4.39 Å². The minimum atomic E-state index is -0.387. The summed E-state index contributed by atoms with van der Waals surface area (Å²) in [6, 6.07) is 7.67. The van der Waals surface area contributed by atoms with Gasteiger partial charge in [-0.1, -0.05) is 39.1 Å². The molecule has 0 atom stereocenters. The fourth-order valence-electron chi connectivity index (χ4n) is 1.54. The molecule has 88 valence electrons. The van der Waals surface area contributed by atoms with E-state index in [1.165, 1.54) is 6.07 Å². The summed E-state index contributed by atoms with van der Waals surface area (Å²) in [5.74, 6) is -0.387. The van der Waals surface area contributed by atoms with Crippen LogP contribution < -0.4 is 5.73 Å². The Morgan fingerprint density at radius 2 is 1.65 bits per heavy atom. The molecule has 0 fully saturated rings. The number of nitrogens with two attached hydrogens (primary N) is 1. The Morgan fingerprint density at radius 3 is 2.24 bits per heavy atom. The fraction of sp³-hybridized carbons (Fsp3) is 0. The van der Waals surface area contributed by atoms with Crippen LogP contribution in [0.5, 0.6) is 0 Å². The lowest BCUT2D eigenvalue weighted by atomic mass is 10.0. The SMILES string of the molecule is Nc1cc(Cl)c(-c2cc(Br)ccc2F)c(Cl)c1. The number of hydrogen-bond donors (Lipinski definition) is 1. The lowest BCUT2D eigenvalue weighted by Gasteiger charge is -2.10. The maximum atomic E-state index is 13.7. The minimum Gasteiger partial charge on any atom is -0.399 e. The molecule has 0 heterocycles. The second-order valence-corrected chi connectivity index (χ2v) is 5.21. The van der Waals surface area contributed by atoms with E-state index in [4.69, 9.17) is 28.9 Å². The largest absolute Gasteiger partial charge is 0.399 e. The van der Waals surface area contributed by atoms with Crippen LogP contribution in [0.1, 0.15) is 0 Å². The molecule has 0 saturated carbocycles. The van der Waals surface area contributed by atoms with Gasteiger partial charge < -0.3 is 5.73 Å². The van der Waals surface area contributed by atoms with Crippen LogP contribution in [0.3, 0.4) is 0 Å². The van der Waals surface area contributed by atoms with E-state index in [2.05, 4.69) is 15.9 Å². The summed E-state index contributed by atoms with van der Waals surface area (Å²) in [6.45, 7) is 0. The van der Waals surface area contributed by atoms with Crippen LogP contribution in [0.4, 0.5) is 10.1 Å². The predicted molar refractivity (Wildman–Crippen MR) is 74.0 cm³/mol. The highest BCUT2D eigenvalue weighted by molar-refractivity contribution is 9.10. The molecule has 1 nitrogen and oxygen atoms in total. The van der Waals surface area contributed by atoms with E-state index in [1.807, 2.05) is 0 Å². The lowest BCUT2D eigenvalue weighted by Crippen LogP contribution is -1.90. The molecule has 0 radical (unpaired) electrons. The molecule has 2 aromatic rings. The standard InChI is InChI=1S/C12H7BrCl2FN/c13-6-1-2-11(16)8(3-6)12-9(14)4-7(17)5-10(12)15/h1-5H,17H2. The van der Waals surface area contributed by atoms with Gasteiger partial charge in [-0.3, -0.25) is 0 Å². The van der Waals surface area contributed by atoms with Gasteiger partial charge in [0.05, 0.1) is 10.0 Å². The third-order valence-corrected chi connectivity index (χ3v) is 3.35. The number of rotatable bonds is 1. The van der Waals surface area contributed by atoms with Crippen molar-refractivity contribution >= 4 is 44.8 Å². The van der Waals surface area contributed by atoms with Crippen molar-refractivity contribution in [2.45, 2.75) is 0 Å². The Hall–Kier alpha value is -0.770. The van der Waals surface area contributed by atoms with Crippen LogP contribution in [0.15, 0.2) is 34.8 Å². The molecule has 0 spiro atoms. The first-order chi connectivity index (χ1) is 7.99. The van der Waals surface area contributed by atoms with Gasteiger partial charge in [-0.15, -0.1) is 0 Å². The van der Waals surface area contributed by atoms with Gasteiger partial charge in [0.15, 0.2) is 0 Å². The van der Waals surface area contributed by atoms with E-state index in [0.717, 1.165) is 4.47 Å². The van der Waals surface area contributed by atoms with Gasteiger partial charge in [-0.25, -0.2) is 4.39 Å². The van der Waals surface area contributed by atoms with E-state index < -0.39 is 0 Å². The van der Waals surface area contributed by atoms with Crippen LogP contribution in [-0.2, 0) is 0 Å². The Kier molecular flexibility index (Phi) is 3.61. The fourth-order valence-corrected chi connectivity index (χ4v) is 2.61. The number of nitrogen functional groups attached to an aromatic ring is 1. The second-order valence-electron chi connectivity index (χ2n) is 3.48. The van der Waals surface area contributed by atoms with Gasteiger partial charge in [0, 0.05) is 21.3 Å². The molecular formula is C12H7BrCl2FN. The summed E-state index contributed by atoms with van der Waals surface area (Å²) >= 11 is 15.4. The highest BCUT2D eigenvalue weighted by atomic mass is 79.9. The maximum absolute atomic E-state index is 13.7. The average Bonchev–Trinajstić information content (AvgIpc) is 2.21. The molecule has 2 rings (SSSR count). The maximum Gasteiger partial charge on any atom is 0.131 e. The lowest BCUT2D eigenvalue weighted by molar-refractivity contribution is 0.631. The van der Waals surface area contributed by atoms with Crippen LogP contribution >= 0.6 is 39.1 Å². The van der Waals surface area contributed by atoms with Gasteiger partial charge in [0.25, 0.3) is 0 Å². The molecule has 5 heteroatoms. The van der Waals surface area contributed by atoms with Crippen molar-refractivity contribution in [2.24, 2.45) is 0 Å². The molecule has 0 saturated heterocycles. The summed E-state index contributed by atoms with van der Waals surface area (Å²) in [5.41, 5.74) is 6.83. The van der Waals surface area contributed by atoms with Crippen LogP contribution in [0.2, 0.25) is 10.0 Å². The number of halogens is 4. The van der Waals surface area contributed by atoms with E-state index in [0.29, 0.717) is 26.9 Å². The molecule has 2 N–H and O–H groups in total. The topological polar surface area (TPSA) is 26.0 Å². The minimum absolute atomic E-state index is 0.326. The number of benzene rings is 2. The predicted octanol–water partition coefficient (Wildman–Crippen LogP) is 5.14. The molecule has 17 heavy (non-hydrogen) atoms. The Labute approximate surface area is 116 Å². The molecule has 0 amide bonds.